The van der Waals surface area contributed by atoms with Crippen molar-refractivity contribution < 1.29 is 14.4 Å². The van der Waals surface area contributed by atoms with Crippen LogP contribution < -0.4 is 15.5 Å². The largest absolute Gasteiger partial charge is 0.355 e. The van der Waals surface area contributed by atoms with Crippen LogP contribution in [0.1, 0.15) is 22.3 Å². The summed E-state index contributed by atoms with van der Waals surface area (Å²) in [5.74, 6) is -1.70. The van der Waals surface area contributed by atoms with Gasteiger partial charge in [-0.2, -0.15) is 0 Å². The van der Waals surface area contributed by atoms with Crippen molar-refractivity contribution >= 4 is 45.0 Å². The molecule has 0 aliphatic carbocycles. The molecule has 1 saturated heterocycles. The molecule has 27 heavy (non-hydrogen) atoms. The second-order valence-electron chi connectivity index (χ2n) is 6.35. The Morgan fingerprint density at radius 3 is 2.59 bits per heavy atom. The van der Waals surface area contributed by atoms with Gasteiger partial charge in [0, 0.05) is 18.1 Å². The molecule has 0 spiro atoms. The summed E-state index contributed by atoms with van der Waals surface area (Å²) in [5.41, 5.74) is 2.31. The first-order valence-electron chi connectivity index (χ1n) is 8.62. The summed E-state index contributed by atoms with van der Waals surface area (Å²) in [6, 6.07) is 12.7. The van der Waals surface area contributed by atoms with E-state index in [-0.39, 0.29) is 11.8 Å². The van der Waals surface area contributed by atoms with Gasteiger partial charge in [0.25, 0.3) is 5.91 Å². The molecule has 1 heterocycles. The van der Waals surface area contributed by atoms with Gasteiger partial charge in [-0.15, -0.1) is 0 Å². The summed E-state index contributed by atoms with van der Waals surface area (Å²) in [7, 11) is 1.54. The van der Waals surface area contributed by atoms with E-state index in [4.69, 9.17) is 0 Å². The Bertz CT molecular complexity index is 913. The van der Waals surface area contributed by atoms with Gasteiger partial charge in [-0.25, -0.2) is 0 Å². The Kier molecular flexibility index (Phi) is 5.60. The fourth-order valence-corrected chi connectivity index (χ4v) is 3.75. The fourth-order valence-electron chi connectivity index (χ4n) is 3.25. The van der Waals surface area contributed by atoms with Gasteiger partial charge in [-0.1, -0.05) is 24.3 Å². The summed E-state index contributed by atoms with van der Waals surface area (Å²) in [5, 5.41) is 5.34. The van der Waals surface area contributed by atoms with E-state index in [0.717, 1.165) is 15.7 Å². The molecule has 0 radical (unpaired) electrons. The molecule has 1 fully saturated rings. The quantitative estimate of drug-likeness (QED) is 0.732. The summed E-state index contributed by atoms with van der Waals surface area (Å²) in [6.07, 6.45) is 0.424. The van der Waals surface area contributed by atoms with Gasteiger partial charge in [0.15, 0.2) is 0 Å². The Morgan fingerprint density at radius 2 is 1.89 bits per heavy atom. The number of anilines is 2. The molecule has 2 N–H and O–H groups in total. The van der Waals surface area contributed by atoms with E-state index in [1.165, 1.54) is 7.05 Å². The molecule has 3 amide bonds. The number of halogens is 1. The molecular weight excluding hydrogens is 410 g/mol. The molecule has 1 atom stereocenters. The van der Waals surface area contributed by atoms with E-state index < -0.39 is 11.8 Å². The van der Waals surface area contributed by atoms with Crippen molar-refractivity contribution in [2.75, 3.05) is 23.8 Å². The summed E-state index contributed by atoms with van der Waals surface area (Å²) < 4.78 is 0.806. The lowest BCUT2D eigenvalue weighted by molar-refractivity contribution is -0.129. The standard InChI is InChI=1S/C20H20BrN3O3/c1-12-6-5-8-15(17(12)19(26)22-2)23-18(25)13-10-11-24(20(13)27)16-9-4-3-7-14(16)21/h3-9,13H,10-11H2,1-2H3,(H,22,26)(H,23,25). The van der Waals surface area contributed by atoms with Crippen LogP contribution in [0.3, 0.4) is 0 Å². The zero-order chi connectivity index (χ0) is 19.6. The molecule has 1 aliphatic rings. The Balaban J connectivity index is 1.81. The van der Waals surface area contributed by atoms with Crippen LogP contribution in [-0.2, 0) is 9.59 Å². The van der Waals surface area contributed by atoms with E-state index in [1.54, 1.807) is 30.0 Å². The van der Waals surface area contributed by atoms with E-state index in [1.807, 2.05) is 24.3 Å². The van der Waals surface area contributed by atoms with Gasteiger partial charge in [-0.05, 0) is 53.0 Å². The number of aryl methyl sites for hydroxylation is 1. The molecule has 2 aromatic carbocycles. The summed E-state index contributed by atoms with van der Waals surface area (Å²) >= 11 is 3.45. The van der Waals surface area contributed by atoms with E-state index in [9.17, 15) is 14.4 Å². The molecule has 2 aromatic rings. The SMILES string of the molecule is CNC(=O)c1c(C)cccc1NC(=O)C1CCN(c2ccccc2Br)C1=O. The van der Waals surface area contributed by atoms with Gasteiger partial charge in [0.1, 0.15) is 5.92 Å². The minimum absolute atomic E-state index is 0.242. The highest BCUT2D eigenvalue weighted by Gasteiger charge is 2.38. The lowest BCUT2D eigenvalue weighted by atomic mass is 10.0. The number of nitrogens with zero attached hydrogens (tertiary/aromatic N) is 1. The number of hydrogen-bond donors (Lipinski definition) is 2. The first-order chi connectivity index (χ1) is 12.9. The minimum atomic E-state index is -0.782. The Hall–Kier alpha value is -2.67. The number of benzene rings is 2. The lowest BCUT2D eigenvalue weighted by Gasteiger charge is -2.18. The van der Waals surface area contributed by atoms with Crippen LogP contribution in [0.15, 0.2) is 46.9 Å². The number of rotatable bonds is 4. The molecule has 1 aliphatic heterocycles. The summed E-state index contributed by atoms with van der Waals surface area (Å²) in [4.78, 5) is 39.3. The predicted molar refractivity (Wildman–Crippen MR) is 108 cm³/mol. The van der Waals surface area contributed by atoms with Crippen LogP contribution in [0, 0.1) is 12.8 Å². The maximum atomic E-state index is 12.8. The minimum Gasteiger partial charge on any atom is -0.355 e. The predicted octanol–water partition coefficient (Wildman–Crippen LogP) is 3.11. The van der Waals surface area contributed by atoms with E-state index >= 15 is 0 Å². The fraction of sp³-hybridized carbons (Fsp3) is 0.250. The molecule has 6 nitrogen and oxygen atoms in total. The zero-order valence-electron chi connectivity index (χ0n) is 15.1. The molecule has 0 bridgehead atoms. The van der Waals surface area contributed by atoms with Gasteiger partial charge >= 0.3 is 0 Å². The van der Waals surface area contributed by atoms with Crippen molar-refractivity contribution in [1.29, 1.82) is 0 Å². The second kappa shape index (κ2) is 7.92. The normalized spacial score (nSPS) is 16.3. The first-order valence-corrected chi connectivity index (χ1v) is 9.41. The van der Waals surface area contributed by atoms with Crippen LogP contribution >= 0.6 is 15.9 Å². The number of amides is 3. The highest BCUT2D eigenvalue weighted by Crippen LogP contribution is 2.32. The van der Waals surface area contributed by atoms with Crippen molar-refractivity contribution in [3.63, 3.8) is 0 Å². The maximum Gasteiger partial charge on any atom is 0.253 e. The maximum absolute atomic E-state index is 12.8. The summed E-state index contributed by atoms with van der Waals surface area (Å²) in [6.45, 7) is 2.27. The third-order valence-corrected chi connectivity index (χ3v) is 5.32. The van der Waals surface area contributed by atoms with E-state index in [2.05, 4.69) is 26.6 Å². The molecular formula is C20H20BrN3O3. The van der Waals surface area contributed by atoms with Gasteiger partial charge in [0.2, 0.25) is 11.8 Å². The van der Waals surface area contributed by atoms with Crippen molar-refractivity contribution in [3.8, 4) is 0 Å². The average molecular weight is 430 g/mol. The number of hydrogen-bond acceptors (Lipinski definition) is 3. The van der Waals surface area contributed by atoms with Crippen molar-refractivity contribution in [2.24, 2.45) is 5.92 Å². The van der Waals surface area contributed by atoms with Crippen LogP contribution in [0.4, 0.5) is 11.4 Å². The molecule has 0 aromatic heterocycles. The number of carbonyl (C=O) groups is 3. The molecule has 140 valence electrons. The monoisotopic (exact) mass is 429 g/mol. The van der Waals surface area contributed by atoms with Gasteiger partial charge in [0.05, 0.1) is 16.9 Å². The Morgan fingerprint density at radius 1 is 1.15 bits per heavy atom. The van der Waals surface area contributed by atoms with Gasteiger partial charge < -0.3 is 15.5 Å². The lowest BCUT2D eigenvalue weighted by Crippen LogP contribution is -2.33. The Labute approximate surface area is 166 Å². The van der Waals surface area contributed by atoms with Crippen LogP contribution in [-0.4, -0.2) is 31.3 Å². The second-order valence-corrected chi connectivity index (χ2v) is 7.20. The smallest absolute Gasteiger partial charge is 0.253 e. The highest BCUT2D eigenvalue weighted by atomic mass is 79.9. The van der Waals surface area contributed by atoms with Gasteiger partial charge in [-0.3, -0.25) is 14.4 Å². The molecule has 7 heteroatoms. The molecule has 1 unspecified atom stereocenters. The van der Waals surface area contributed by atoms with E-state index in [0.29, 0.717) is 24.2 Å². The topological polar surface area (TPSA) is 78.5 Å². The highest BCUT2D eigenvalue weighted by molar-refractivity contribution is 9.10. The third kappa shape index (κ3) is 3.73. The molecule has 0 saturated carbocycles. The number of nitrogens with one attached hydrogen (secondary N) is 2. The van der Waals surface area contributed by atoms with Crippen molar-refractivity contribution in [3.05, 3.63) is 58.1 Å². The van der Waals surface area contributed by atoms with Crippen molar-refractivity contribution in [2.45, 2.75) is 13.3 Å². The van der Waals surface area contributed by atoms with Crippen LogP contribution in [0.25, 0.3) is 0 Å². The number of carbonyl (C=O) groups excluding carboxylic acids is 3. The first kappa shape index (κ1) is 19.1. The zero-order valence-corrected chi connectivity index (χ0v) is 16.7. The van der Waals surface area contributed by atoms with Crippen molar-refractivity contribution in [1.82, 2.24) is 5.32 Å². The number of para-hydroxylation sites is 1. The van der Waals surface area contributed by atoms with Crippen LogP contribution in [0.2, 0.25) is 0 Å². The average Bonchev–Trinajstić information content (AvgIpc) is 3.03. The third-order valence-electron chi connectivity index (χ3n) is 4.65. The molecule has 3 rings (SSSR count). The van der Waals surface area contributed by atoms with Crippen LogP contribution in [0.5, 0.6) is 0 Å².